The number of ether oxygens (including phenoxy) is 2. The molecule has 4 saturated carbocycles. The van der Waals surface area contributed by atoms with E-state index in [1.807, 2.05) is 18.2 Å². The van der Waals surface area contributed by atoms with E-state index in [1.165, 1.54) is 32.1 Å². The summed E-state index contributed by atoms with van der Waals surface area (Å²) in [5.74, 6) is 5.17. The summed E-state index contributed by atoms with van der Waals surface area (Å²) >= 11 is 0. The van der Waals surface area contributed by atoms with Crippen LogP contribution in [0.5, 0.6) is 11.5 Å². The Hall–Kier alpha value is -1.71. The quantitative estimate of drug-likeness (QED) is 0.912. The van der Waals surface area contributed by atoms with Gasteiger partial charge in [-0.15, -0.1) is 0 Å². The van der Waals surface area contributed by atoms with Crippen molar-refractivity contribution in [3.8, 4) is 11.5 Å². The van der Waals surface area contributed by atoms with E-state index in [-0.39, 0.29) is 17.9 Å². The summed E-state index contributed by atoms with van der Waals surface area (Å²) < 4.78 is 11.3. The minimum absolute atomic E-state index is 0.000476. The number of nitrogens with one attached hydrogen (secondary N) is 1. The summed E-state index contributed by atoms with van der Waals surface area (Å²) in [5, 5.41) is 3.30. The first kappa shape index (κ1) is 15.5. The van der Waals surface area contributed by atoms with Gasteiger partial charge in [-0.25, -0.2) is 0 Å². The zero-order valence-electron chi connectivity index (χ0n) is 14.9. The highest BCUT2D eigenvalue weighted by atomic mass is 16.6. The molecule has 0 aromatic heterocycles. The lowest BCUT2D eigenvalue weighted by Crippen LogP contribution is -2.51. The number of hydrogen-bond donors (Lipinski definition) is 1. The fraction of sp³-hybridized carbons (Fsp3) is 0.667. The van der Waals surface area contributed by atoms with E-state index in [1.54, 1.807) is 0 Å². The van der Waals surface area contributed by atoms with Gasteiger partial charge in [0.2, 0.25) is 5.91 Å². The van der Waals surface area contributed by atoms with Crippen molar-refractivity contribution < 1.29 is 14.3 Å². The predicted octanol–water partition coefficient (Wildman–Crippen LogP) is 3.71. The molecular weight excluding hydrogens is 314 g/mol. The molecule has 1 aromatic rings. The molecule has 4 nitrogen and oxygen atoms in total. The third-order valence-electron chi connectivity index (χ3n) is 6.95. The van der Waals surface area contributed by atoms with E-state index in [9.17, 15) is 4.79 Å². The Morgan fingerprint density at radius 1 is 1.00 bits per heavy atom. The number of fused-ring (bicyclic) bond motifs is 1. The average molecular weight is 341 g/mol. The fourth-order valence-corrected chi connectivity index (χ4v) is 6.08. The van der Waals surface area contributed by atoms with Gasteiger partial charge in [0.1, 0.15) is 13.2 Å². The molecule has 4 bridgehead atoms. The molecule has 0 spiro atoms. The minimum Gasteiger partial charge on any atom is -0.486 e. The second-order valence-corrected chi connectivity index (χ2v) is 8.59. The highest BCUT2D eigenvalue weighted by Crippen LogP contribution is 2.56. The Morgan fingerprint density at radius 2 is 1.64 bits per heavy atom. The predicted molar refractivity (Wildman–Crippen MR) is 94.5 cm³/mol. The molecule has 5 aliphatic rings. The van der Waals surface area contributed by atoms with Crippen LogP contribution in [0.25, 0.3) is 0 Å². The van der Waals surface area contributed by atoms with Gasteiger partial charge in [-0.2, -0.15) is 0 Å². The summed E-state index contributed by atoms with van der Waals surface area (Å²) in [6, 6.07) is 6.00. The first-order chi connectivity index (χ1) is 12.2. The molecule has 6 rings (SSSR count). The van der Waals surface area contributed by atoms with Crippen molar-refractivity contribution >= 4 is 5.91 Å². The van der Waals surface area contributed by atoms with Crippen molar-refractivity contribution in [3.05, 3.63) is 23.8 Å². The highest BCUT2D eigenvalue weighted by molar-refractivity contribution is 5.80. The lowest BCUT2D eigenvalue weighted by molar-refractivity contribution is -0.138. The van der Waals surface area contributed by atoms with Gasteiger partial charge >= 0.3 is 0 Å². The van der Waals surface area contributed by atoms with E-state index >= 15 is 0 Å². The molecule has 1 aliphatic heterocycles. The molecule has 4 fully saturated rings. The second kappa shape index (κ2) is 5.93. The van der Waals surface area contributed by atoms with Gasteiger partial charge < -0.3 is 14.8 Å². The molecule has 1 atom stereocenters. The molecule has 0 saturated heterocycles. The zero-order valence-corrected chi connectivity index (χ0v) is 14.9. The van der Waals surface area contributed by atoms with Gasteiger partial charge in [0, 0.05) is 5.92 Å². The molecule has 1 aromatic carbocycles. The lowest BCUT2D eigenvalue weighted by Gasteiger charge is -2.53. The van der Waals surface area contributed by atoms with E-state index in [0.717, 1.165) is 28.9 Å². The molecule has 1 amide bonds. The van der Waals surface area contributed by atoms with Crippen molar-refractivity contribution in [1.82, 2.24) is 5.32 Å². The SMILES string of the molecule is CC(NC(=O)C1C2CC3CC(C2)CC1C3)c1ccc2c(c1)OCCO2. The highest BCUT2D eigenvalue weighted by Gasteiger charge is 2.50. The van der Waals surface area contributed by atoms with E-state index in [0.29, 0.717) is 25.0 Å². The normalized spacial score (nSPS) is 36.1. The third kappa shape index (κ3) is 2.70. The molecule has 0 radical (unpaired) electrons. The maximum Gasteiger partial charge on any atom is 0.224 e. The van der Waals surface area contributed by atoms with Crippen LogP contribution in [-0.4, -0.2) is 19.1 Å². The Bertz CT molecular complexity index is 658. The molecular formula is C21H27NO3. The van der Waals surface area contributed by atoms with Gasteiger partial charge in [-0.05, 0) is 80.4 Å². The van der Waals surface area contributed by atoms with Crippen LogP contribution < -0.4 is 14.8 Å². The van der Waals surface area contributed by atoms with Crippen molar-refractivity contribution in [1.29, 1.82) is 0 Å². The maximum atomic E-state index is 13.0. The van der Waals surface area contributed by atoms with Gasteiger partial charge in [0.25, 0.3) is 0 Å². The molecule has 1 N–H and O–H groups in total. The van der Waals surface area contributed by atoms with Crippen molar-refractivity contribution in [2.24, 2.45) is 29.6 Å². The summed E-state index contributed by atoms with van der Waals surface area (Å²) in [5.41, 5.74) is 1.08. The van der Waals surface area contributed by atoms with Crippen molar-refractivity contribution in [2.45, 2.75) is 45.1 Å². The Kier molecular flexibility index (Phi) is 3.68. The maximum absolute atomic E-state index is 13.0. The second-order valence-electron chi connectivity index (χ2n) is 8.59. The first-order valence-corrected chi connectivity index (χ1v) is 9.87. The number of benzene rings is 1. The topological polar surface area (TPSA) is 47.6 Å². The Balaban J connectivity index is 1.29. The first-order valence-electron chi connectivity index (χ1n) is 9.87. The number of carbonyl (C=O) groups excluding carboxylic acids is 1. The van der Waals surface area contributed by atoms with Crippen LogP contribution in [0, 0.1) is 29.6 Å². The van der Waals surface area contributed by atoms with Crippen LogP contribution >= 0.6 is 0 Å². The Labute approximate surface area is 149 Å². The van der Waals surface area contributed by atoms with Crippen molar-refractivity contribution in [3.63, 3.8) is 0 Å². The summed E-state index contributed by atoms with van der Waals surface area (Å²) in [7, 11) is 0. The summed E-state index contributed by atoms with van der Waals surface area (Å²) in [6.07, 6.45) is 6.55. The van der Waals surface area contributed by atoms with Crippen LogP contribution in [0.3, 0.4) is 0 Å². The zero-order chi connectivity index (χ0) is 17.0. The van der Waals surface area contributed by atoms with Crippen LogP contribution in [0.15, 0.2) is 18.2 Å². The van der Waals surface area contributed by atoms with E-state index in [4.69, 9.17) is 9.47 Å². The number of amides is 1. The molecule has 4 heteroatoms. The lowest BCUT2D eigenvalue weighted by atomic mass is 9.51. The van der Waals surface area contributed by atoms with Gasteiger partial charge in [-0.1, -0.05) is 6.07 Å². The molecule has 134 valence electrons. The van der Waals surface area contributed by atoms with Crippen molar-refractivity contribution in [2.75, 3.05) is 13.2 Å². The standard InChI is InChI=1S/C21H27NO3/c1-12(15-2-3-18-19(11-15)25-5-4-24-18)22-21(23)20-16-7-13-6-14(9-16)10-17(20)8-13/h2-3,11-14,16-17,20H,4-10H2,1H3,(H,22,23). The Morgan fingerprint density at radius 3 is 2.32 bits per heavy atom. The summed E-state index contributed by atoms with van der Waals surface area (Å²) in [4.78, 5) is 13.0. The number of carbonyl (C=O) groups is 1. The number of hydrogen-bond acceptors (Lipinski definition) is 3. The fourth-order valence-electron chi connectivity index (χ4n) is 6.08. The van der Waals surface area contributed by atoms with Crippen LogP contribution in [0.1, 0.15) is 50.6 Å². The van der Waals surface area contributed by atoms with Gasteiger partial charge in [-0.3, -0.25) is 4.79 Å². The minimum atomic E-state index is 0.000476. The summed E-state index contributed by atoms with van der Waals surface area (Å²) in [6.45, 7) is 3.26. The van der Waals surface area contributed by atoms with E-state index in [2.05, 4.69) is 12.2 Å². The number of rotatable bonds is 3. The third-order valence-corrected chi connectivity index (χ3v) is 6.95. The largest absolute Gasteiger partial charge is 0.486 e. The average Bonchev–Trinajstić information content (AvgIpc) is 2.60. The van der Waals surface area contributed by atoms with Gasteiger partial charge in [0.05, 0.1) is 6.04 Å². The van der Waals surface area contributed by atoms with Gasteiger partial charge in [0.15, 0.2) is 11.5 Å². The molecule has 1 heterocycles. The van der Waals surface area contributed by atoms with Crippen LogP contribution in [0.2, 0.25) is 0 Å². The molecule has 1 unspecified atom stereocenters. The monoisotopic (exact) mass is 341 g/mol. The van der Waals surface area contributed by atoms with Crippen LogP contribution in [0.4, 0.5) is 0 Å². The molecule has 25 heavy (non-hydrogen) atoms. The molecule has 4 aliphatic carbocycles. The smallest absolute Gasteiger partial charge is 0.224 e. The van der Waals surface area contributed by atoms with E-state index < -0.39 is 0 Å². The van der Waals surface area contributed by atoms with Crippen LogP contribution in [-0.2, 0) is 4.79 Å².